The summed E-state index contributed by atoms with van der Waals surface area (Å²) in [6.45, 7) is 8.66. The molecule has 0 spiro atoms. The van der Waals surface area contributed by atoms with Gasteiger partial charge in [0, 0.05) is 34.2 Å². The minimum atomic E-state index is -0.00850. The van der Waals surface area contributed by atoms with Gasteiger partial charge in [-0.15, -0.1) is 0 Å². The van der Waals surface area contributed by atoms with Crippen molar-refractivity contribution in [2.75, 3.05) is 10.6 Å². The third kappa shape index (κ3) is 5.14. The van der Waals surface area contributed by atoms with Gasteiger partial charge >= 0.3 is 0 Å². The van der Waals surface area contributed by atoms with Gasteiger partial charge in [-0.3, -0.25) is 0 Å². The molecule has 0 aromatic heterocycles. The maximum Gasteiger partial charge on any atom is 0.0416 e. The number of rotatable bonds is 6. The highest BCUT2D eigenvalue weighted by Gasteiger charge is 2.37. The molecule has 4 aromatic carbocycles. The molecule has 4 aromatic rings. The van der Waals surface area contributed by atoms with Gasteiger partial charge in [-0.2, -0.15) is 0 Å². The van der Waals surface area contributed by atoms with E-state index in [1.165, 1.54) is 33.4 Å². The summed E-state index contributed by atoms with van der Waals surface area (Å²) in [5.41, 5.74) is 18.9. The minimum Gasteiger partial charge on any atom is -0.355 e. The summed E-state index contributed by atoms with van der Waals surface area (Å²) in [5, 5.41) is 7.23. The van der Waals surface area contributed by atoms with E-state index in [0.717, 1.165) is 48.4 Å². The Morgan fingerprint density at radius 3 is 1.41 bits per heavy atom. The highest BCUT2D eigenvalue weighted by atomic mass is 14.9. The maximum absolute atomic E-state index is 6.36. The van der Waals surface area contributed by atoms with E-state index in [1.54, 1.807) is 0 Å². The molecular weight excluding hydrogens is 450 g/mol. The number of aryl methyl sites for hydroxylation is 2. The fourth-order valence-electron chi connectivity index (χ4n) is 5.71. The molecule has 0 unspecified atom stereocenters. The lowest BCUT2D eigenvalue weighted by Crippen LogP contribution is -2.37. The fourth-order valence-corrected chi connectivity index (χ4v) is 5.71. The quantitative estimate of drug-likeness (QED) is 0.254. The highest BCUT2D eigenvalue weighted by Crippen LogP contribution is 2.45. The van der Waals surface area contributed by atoms with Gasteiger partial charge in [-0.25, -0.2) is 0 Å². The van der Waals surface area contributed by atoms with Gasteiger partial charge in [0.15, 0.2) is 0 Å². The molecule has 0 amide bonds. The van der Waals surface area contributed by atoms with Crippen molar-refractivity contribution in [3.05, 3.63) is 118 Å². The molecule has 5 rings (SSSR count). The summed E-state index contributed by atoms with van der Waals surface area (Å²) in [5.74, 6) is 0. The molecule has 0 heterocycles. The smallest absolute Gasteiger partial charge is 0.0416 e. The molecule has 1 aliphatic rings. The van der Waals surface area contributed by atoms with E-state index in [2.05, 4.69) is 123 Å². The zero-order chi connectivity index (χ0) is 26.0. The lowest BCUT2D eigenvalue weighted by Gasteiger charge is -2.40. The van der Waals surface area contributed by atoms with Crippen molar-refractivity contribution in [2.24, 2.45) is 5.73 Å². The van der Waals surface area contributed by atoms with Crippen LogP contribution in [0.3, 0.4) is 0 Å². The Labute approximate surface area is 222 Å². The molecule has 190 valence electrons. The Balaban J connectivity index is 1.42. The van der Waals surface area contributed by atoms with E-state index in [9.17, 15) is 0 Å². The van der Waals surface area contributed by atoms with Crippen molar-refractivity contribution < 1.29 is 0 Å². The third-order valence-electron chi connectivity index (χ3n) is 8.53. The second-order valence-corrected chi connectivity index (χ2v) is 10.8. The Kier molecular flexibility index (Phi) is 7.08. The molecule has 1 saturated carbocycles. The zero-order valence-corrected chi connectivity index (χ0v) is 22.6. The van der Waals surface area contributed by atoms with Crippen molar-refractivity contribution in [3.8, 4) is 0 Å². The second kappa shape index (κ2) is 10.4. The Morgan fingerprint density at radius 2 is 1.00 bits per heavy atom. The van der Waals surface area contributed by atoms with E-state index in [1.807, 2.05) is 0 Å². The van der Waals surface area contributed by atoms with Gasteiger partial charge in [0.05, 0.1) is 0 Å². The van der Waals surface area contributed by atoms with Crippen molar-refractivity contribution in [1.82, 2.24) is 0 Å². The van der Waals surface area contributed by atoms with Crippen molar-refractivity contribution in [2.45, 2.75) is 64.8 Å². The van der Waals surface area contributed by atoms with E-state index < -0.39 is 0 Å². The minimum absolute atomic E-state index is 0.00850. The first-order valence-corrected chi connectivity index (χ1v) is 13.5. The van der Waals surface area contributed by atoms with Crippen LogP contribution in [0, 0.1) is 27.7 Å². The van der Waals surface area contributed by atoms with Gasteiger partial charge in [-0.05, 0) is 123 Å². The molecule has 3 heteroatoms. The molecule has 0 atom stereocenters. The molecule has 0 aliphatic heterocycles. The third-order valence-corrected chi connectivity index (χ3v) is 8.53. The fraction of sp³-hybridized carbons (Fsp3) is 0.294. The Bertz CT molecular complexity index is 1260. The number of nitrogens with two attached hydrogens (primary N) is 1. The van der Waals surface area contributed by atoms with E-state index >= 15 is 0 Å². The van der Waals surface area contributed by atoms with Crippen LogP contribution in [0.15, 0.2) is 84.9 Å². The largest absolute Gasteiger partial charge is 0.355 e. The first-order chi connectivity index (χ1) is 17.9. The van der Waals surface area contributed by atoms with Crippen LogP contribution in [0.5, 0.6) is 0 Å². The van der Waals surface area contributed by atoms with Crippen LogP contribution < -0.4 is 16.4 Å². The number of hydrogen-bond acceptors (Lipinski definition) is 3. The molecular formula is C34H39N3. The van der Waals surface area contributed by atoms with E-state index in [4.69, 9.17) is 5.73 Å². The predicted molar refractivity (Wildman–Crippen MR) is 159 cm³/mol. The highest BCUT2D eigenvalue weighted by molar-refractivity contribution is 5.66. The van der Waals surface area contributed by atoms with E-state index in [0.29, 0.717) is 6.04 Å². The van der Waals surface area contributed by atoms with Crippen LogP contribution in [0.25, 0.3) is 0 Å². The van der Waals surface area contributed by atoms with E-state index in [-0.39, 0.29) is 5.41 Å². The van der Waals surface area contributed by atoms with Crippen LogP contribution in [0.2, 0.25) is 0 Å². The molecule has 1 fully saturated rings. The first kappa shape index (κ1) is 25.1. The van der Waals surface area contributed by atoms with Gasteiger partial charge in [-0.1, -0.05) is 48.5 Å². The standard InChI is InChI=1S/C34H39N3/c1-23-7-5-9-32(25(23)3)36-30-15-11-27(12-16-30)34(21-19-29(35)20-22-34)28-13-17-31(18-14-28)37-33-10-6-8-24(2)26(33)4/h5-18,29,36-37H,19-22,35H2,1-4H3. The van der Waals surface area contributed by atoms with Crippen LogP contribution in [-0.2, 0) is 5.41 Å². The number of anilines is 4. The summed E-state index contributed by atoms with van der Waals surface area (Å²) in [4.78, 5) is 0. The molecule has 3 nitrogen and oxygen atoms in total. The van der Waals surface area contributed by atoms with Crippen LogP contribution in [0.1, 0.15) is 59.1 Å². The lowest BCUT2D eigenvalue weighted by molar-refractivity contribution is 0.315. The van der Waals surface area contributed by atoms with Crippen molar-refractivity contribution in [3.63, 3.8) is 0 Å². The molecule has 1 aliphatic carbocycles. The molecule has 4 N–H and O–H groups in total. The number of benzene rings is 4. The summed E-state index contributed by atoms with van der Waals surface area (Å²) in [7, 11) is 0. The maximum atomic E-state index is 6.36. The Morgan fingerprint density at radius 1 is 0.595 bits per heavy atom. The van der Waals surface area contributed by atoms with Crippen LogP contribution in [-0.4, -0.2) is 6.04 Å². The van der Waals surface area contributed by atoms with Crippen LogP contribution in [0.4, 0.5) is 22.7 Å². The summed E-state index contributed by atoms with van der Waals surface area (Å²) < 4.78 is 0. The topological polar surface area (TPSA) is 50.1 Å². The summed E-state index contributed by atoms with van der Waals surface area (Å²) in [6, 6.07) is 31.3. The van der Waals surface area contributed by atoms with Gasteiger partial charge in [0.25, 0.3) is 0 Å². The SMILES string of the molecule is Cc1cccc(Nc2ccc(C3(c4ccc(Nc5cccc(C)c5C)cc4)CCC(N)CC3)cc2)c1C. The summed E-state index contributed by atoms with van der Waals surface area (Å²) >= 11 is 0. The lowest BCUT2D eigenvalue weighted by atomic mass is 9.64. The molecule has 37 heavy (non-hydrogen) atoms. The number of hydrogen-bond donors (Lipinski definition) is 3. The average Bonchev–Trinajstić information content (AvgIpc) is 2.91. The monoisotopic (exact) mass is 489 g/mol. The number of nitrogens with one attached hydrogen (secondary N) is 2. The normalized spacial score (nSPS) is 15.4. The summed E-state index contributed by atoms with van der Waals surface area (Å²) in [6.07, 6.45) is 4.24. The molecule has 0 bridgehead atoms. The molecule has 0 saturated heterocycles. The van der Waals surface area contributed by atoms with Gasteiger partial charge < -0.3 is 16.4 Å². The second-order valence-electron chi connectivity index (χ2n) is 10.8. The average molecular weight is 490 g/mol. The predicted octanol–water partition coefficient (Wildman–Crippen LogP) is 8.59. The van der Waals surface area contributed by atoms with Gasteiger partial charge in [0.2, 0.25) is 0 Å². The van der Waals surface area contributed by atoms with Crippen LogP contribution >= 0.6 is 0 Å². The van der Waals surface area contributed by atoms with Gasteiger partial charge in [0.1, 0.15) is 0 Å². The zero-order valence-electron chi connectivity index (χ0n) is 22.6. The molecule has 0 radical (unpaired) electrons. The Hall–Kier alpha value is -3.56. The first-order valence-electron chi connectivity index (χ1n) is 13.5. The van der Waals surface area contributed by atoms with Crippen molar-refractivity contribution >= 4 is 22.7 Å². The van der Waals surface area contributed by atoms with Crippen molar-refractivity contribution in [1.29, 1.82) is 0 Å².